The number of nitrogens with one attached hydrogen (secondary N) is 1. The lowest BCUT2D eigenvalue weighted by atomic mass is 9.72. The van der Waals surface area contributed by atoms with E-state index < -0.39 is 53.9 Å². The molecule has 0 aromatic carbocycles. The van der Waals surface area contributed by atoms with Crippen molar-refractivity contribution in [3.05, 3.63) is 23.3 Å². The van der Waals surface area contributed by atoms with Gasteiger partial charge in [-0.05, 0) is 43.1 Å². The molecule has 2 fully saturated rings. The minimum absolute atomic E-state index is 0.0887. The van der Waals surface area contributed by atoms with Gasteiger partial charge in [0.05, 0.1) is 5.92 Å². The molecule has 184 valence electrons. The molecule has 0 bridgehead atoms. The number of halogens is 4. The van der Waals surface area contributed by atoms with E-state index in [-0.39, 0.29) is 11.8 Å². The average Bonchev–Trinajstić information content (AvgIpc) is 2.72. The molecule has 6 nitrogen and oxygen atoms in total. The highest BCUT2D eigenvalue weighted by Gasteiger charge is 2.58. The maximum absolute atomic E-state index is 13.7. The molecular weight excluding hydrogens is 461 g/mol. The fraction of sp³-hybridized carbons (Fsp3) is 0.696. The molecule has 2 unspecified atom stereocenters. The molecule has 6 atom stereocenters. The predicted molar refractivity (Wildman–Crippen MR) is 116 cm³/mol. The molecule has 1 heterocycles. The summed E-state index contributed by atoms with van der Waals surface area (Å²) in [5, 5.41) is 12.2. The Morgan fingerprint density at radius 1 is 1.27 bits per heavy atom. The number of carbonyl (C=O) groups excluding carboxylic acids is 2. The number of amides is 3. The molecule has 0 radical (unpaired) electrons. The third-order valence-electron chi connectivity index (χ3n) is 7.26. The van der Waals surface area contributed by atoms with E-state index in [0.717, 1.165) is 6.42 Å². The molecule has 1 saturated heterocycles. The molecule has 1 saturated carbocycles. The smallest absolute Gasteiger partial charge is 0.408 e. The Balaban J connectivity index is 1.72. The van der Waals surface area contributed by atoms with Crippen LogP contribution in [0.5, 0.6) is 0 Å². The molecule has 1 aliphatic heterocycles. The van der Waals surface area contributed by atoms with Gasteiger partial charge in [0.1, 0.15) is 6.04 Å². The zero-order chi connectivity index (χ0) is 24.5. The van der Waals surface area contributed by atoms with Crippen LogP contribution < -0.4 is 5.32 Å². The van der Waals surface area contributed by atoms with Gasteiger partial charge in [-0.2, -0.15) is 13.2 Å². The van der Waals surface area contributed by atoms with Crippen LogP contribution in [0.15, 0.2) is 23.3 Å². The van der Waals surface area contributed by atoms with Gasteiger partial charge in [0.25, 0.3) is 0 Å². The third kappa shape index (κ3) is 5.39. The van der Waals surface area contributed by atoms with Crippen LogP contribution in [0.25, 0.3) is 0 Å². The lowest BCUT2D eigenvalue weighted by Crippen LogP contribution is -2.71. The van der Waals surface area contributed by atoms with E-state index in [1.54, 1.807) is 13.0 Å². The number of hydrogen-bond donors (Lipinski definition) is 2. The molecule has 0 aromatic rings. The van der Waals surface area contributed by atoms with Crippen LogP contribution >= 0.6 is 11.6 Å². The van der Waals surface area contributed by atoms with Gasteiger partial charge in [-0.15, -0.1) is 0 Å². The van der Waals surface area contributed by atoms with E-state index in [4.69, 9.17) is 11.6 Å². The summed E-state index contributed by atoms with van der Waals surface area (Å²) in [6, 6.07) is -4.91. The Kier molecular flexibility index (Phi) is 7.81. The Morgan fingerprint density at radius 2 is 1.91 bits per heavy atom. The topological polar surface area (TPSA) is 86.7 Å². The monoisotopic (exact) mass is 490 g/mol. The SMILES string of the molecule is CC1C=CC=C(Cl)C1C[C@H](C)[C@H]1C(=O)N(C(=O)N[C@@H](C2CCCCC2)C(F)(F)F)[C@@H]1C(=O)O. The van der Waals surface area contributed by atoms with Gasteiger partial charge in [0.2, 0.25) is 5.91 Å². The zero-order valence-corrected chi connectivity index (χ0v) is 19.4. The normalized spacial score (nSPS) is 30.3. The van der Waals surface area contributed by atoms with Crippen molar-refractivity contribution in [2.45, 2.75) is 70.6 Å². The number of carboxylic acids is 1. The second-order valence-corrected chi connectivity index (χ2v) is 9.94. The van der Waals surface area contributed by atoms with E-state index in [1.807, 2.05) is 24.4 Å². The summed E-state index contributed by atoms with van der Waals surface area (Å²) >= 11 is 6.30. The number of carboxylic acid groups (broad SMARTS) is 1. The Labute approximate surface area is 196 Å². The van der Waals surface area contributed by atoms with Crippen LogP contribution in [0.2, 0.25) is 0 Å². The first-order chi connectivity index (χ1) is 15.4. The summed E-state index contributed by atoms with van der Waals surface area (Å²) < 4.78 is 41.1. The minimum atomic E-state index is -4.69. The highest BCUT2D eigenvalue weighted by atomic mass is 35.5. The number of allylic oxidation sites excluding steroid dienone is 4. The van der Waals surface area contributed by atoms with Crippen LogP contribution in [-0.4, -0.2) is 46.2 Å². The van der Waals surface area contributed by atoms with Gasteiger partial charge in [-0.25, -0.2) is 14.5 Å². The summed E-state index contributed by atoms with van der Waals surface area (Å²) in [6.07, 6.45) is 4.03. The molecule has 3 aliphatic rings. The molecule has 3 rings (SSSR count). The highest BCUT2D eigenvalue weighted by Crippen LogP contribution is 2.41. The predicted octanol–water partition coefficient (Wildman–Crippen LogP) is 5.09. The number of aliphatic carboxylic acids is 1. The first-order valence-electron chi connectivity index (χ1n) is 11.4. The lowest BCUT2D eigenvalue weighted by Gasteiger charge is -2.47. The first kappa shape index (κ1) is 25.6. The van der Waals surface area contributed by atoms with Crippen LogP contribution in [0.3, 0.4) is 0 Å². The van der Waals surface area contributed by atoms with E-state index in [2.05, 4.69) is 0 Å². The van der Waals surface area contributed by atoms with Crippen molar-refractivity contribution in [3.8, 4) is 0 Å². The van der Waals surface area contributed by atoms with Gasteiger partial charge < -0.3 is 10.4 Å². The Hall–Kier alpha value is -2.03. The number of alkyl halides is 3. The summed E-state index contributed by atoms with van der Waals surface area (Å²) in [4.78, 5) is 37.9. The molecule has 10 heteroatoms. The second kappa shape index (κ2) is 10.1. The van der Waals surface area contributed by atoms with E-state index in [9.17, 15) is 32.7 Å². The Morgan fingerprint density at radius 3 is 2.45 bits per heavy atom. The Bertz CT molecular complexity index is 838. The number of urea groups is 1. The van der Waals surface area contributed by atoms with Gasteiger partial charge in [-0.3, -0.25) is 4.79 Å². The molecule has 3 amide bonds. The molecule has 2 aliphatic carbocycles. The largest absolute Gasteiger partial charge is 0.480 e. The lowest BCUT2D eigenvalue weighted by molar-refractivity contribution is -0.174. The van der Waals surface area contributed by atoms with Crippen LogP contribution in [-0.2, 0) is 9.59 Å². The van der Waals surface area contributed by atoms with Crippen molar-refractivity contribution in [2.24, 2.45) is 29.6 Å². The van der Waals surface area contributed by atoms with Crippen molar-refractivity contribution in [3.63, 3.8) is 0 Å². The molecule has 2 N–H and O–H groups in total. The van der Waals surface area contributed by atoms with Crippen molar-refractivity contribution in [1.29, 1.82) is 0 Å². The molecule has 0 spiro atoms. The van der Waals surface area contributed by atoms with Crippen LogP contribution in [0.4, 0.5) is 18.0 Å². The average molecular weight is 491 g/mol. The minimum Gasteiger partial charge on any atom is -0.480 e. The van der Waals surface area contributed by atoms with E-state index in [0.29, 0.717) is 42.0 Å². The highest BCUT2D eigenvalue weighted by molar-refractivity contribution is 6.30. The van der Waals surface area contributed by atoms with Gasteiger partial charge in [-0.1, -0.05) is 56.9 Å². The van der Waals surface area contributed by atoms with Crippen molar-refractivity contribution in [2.75, 3.05) is 0 Å². The number of β-lactam (4-membered cyclic amide) rings is 1. The van der Waals surface area contributed by atoms with E-state index in [1.165, 1.54) is 0 Å². The molecule has 0 aromatic heterocycles. The number of imide groups is 1. The van der Waals surface area contributed by atoms with Gasteiger partial charge in [0, 0.05) is 11.0 Å². The number of rotatable bonds is 6. The quantitative estimate of drug-likeness (QED) is 0.508. The molecular formula is C23H30ClF3N2O4. The second-order valence-electron chi connectivity index (χ2n) is 9.50. The number of likely N-dealkylation sites (tertiary alicyclic amines) is 1. The summed E-state index contributed by atoms with van der Waals surface area (Å²) in [7, 11) is 0. The summed E-state index contributed by atoms with van der Waals surface area (Å²) in [5.74, 6) is -4.41. The maximum atomic E-state index is 13.7. The van der Waals surface area contributed by atoms with E-state index >= 15 is 0 Å². The fourth-order valence-electron chi connectivity index (χ4n) is 5.40. The van der Waals surface area contributed by atoms with Gasteiger partial charge >= 0.3 is 18.2 Å². The third-order valence-corrected chi connectivity index (χ3v) is 7.67. The number of carbonyl (C=O) groups is 3. The zero-order valence-electron chi connectivity index (χ0n) is 18.6. The van der Waals surface area contributed by atoms with Crippen molar-refractivity contribution >= 4 is 29.5 Å². The van der Waals surface area contributed by atoms with Crippen molar-refractivity contribution < 1.29 is 32.7 Å². The maximum Gasteiger partial charge on any atom is 0.408 e. The summed E-state index contributed by atoms with van der Waals surface area (Å²) in [6.45, 7) is 3.67. The first-order valence-corrected chi connectivity index (χ1v) is 11.8. The number of nitrogens with zero attached hydrogens (tertiary/aromatic N) is 1. The van der Waals surface area contributed by atoms with Crippen LogP contribution in [0.1, 0.15) is 52.4 Å². The number of hydrogen-bond acceptors (Lipinski definition) is 3. The molecule has 33 heavy (non-hydrogen) atoms. The van der Waals surface area contributed by atoms with Crippen molar-refractivity contribution in [1.82, 2.24) is 10.2 Å². The van der Waals surface area contributed by atoms with Crippen LogP contribution in [0, 0.1) is 29.6 Å². The standard InChI is InChI=1S/C23H30ClF3N2O4/c1-12-7-6-10-16(24)15(12)11-13(2)17-18(21(31)32)29(20(17)30)22(33)28-19(23(25,26)27)14-8-4-3-5-9-14/h6-7,10,12-15,17-19H,3-5,8-9,11H2,1-2H3,(H,28,33)(H,31,32)/t12?,13-,15?,17+,18-,19-/m0/s1. The van der Waals surface area contributed by atoms with Gasteiger partial charge in [0.15, 0.2) is 6.04 Å². The summed E-state index contributed by atoms with van der Waals surface area (Å²) in [5.41, 5.74) is 0. The fourth-order valence-corrected chi connectivity index (χ4v) is 5.76.